The van der Waals surface area contributed by atoms with E-state index < -0.39 is 6.04 Å². The van der Waals surface area contributed by atoms with E-state index in [1.165, 1.54) is 7.11 Å². The summed E-state index contributed by atoms with van der Waals surface area (Å²) in [6.07, 6.45) is 0. The van der Waals surface area contributed by atoms with E-state index in [2.05, 4.69) is 49.4 Å². The van der Waals surface area contributed by atoms with Crippen molar-refractivity contribution in [2.24, 2.45) is 10.8 Å². The summed E-state index contributed by atoms with van der Waals surface area (Å²) in [5.74, 6) is 0.382. The molecule has 0 heterocycles. The van der Waals surface area contributed by atoms with Gasteiger partial charge in [-0.3, -0.25) is 4.79 Å². The molecule has 1 aromatic carbocycles. The van der Waals surface area contributed by atoms with Crippen LogP contribution < -0.4 is 16.0 Å². The van der Waals surface area contributed by atoms with Crippen molar-refractivity contribution in [3.63, 3.8) is 0 Å². The molecule has 0 saturated carbocycles. The Hall–Kier alpha value is -2.34. The lowest BCUT2D eigenvalue weighted by molar-refractivity contribution is -0.145. The standard InChI is InChI=1S/C24H39N3O3/c1-16(28)20(23(3,4)5)26-15-19-12-10-11-18(13-19)14-25-17(2)27-21(22(29)30-9)24(6,7)8/h10-13,20-21,25-27H,2,14-15H2,1,3-9H3. The number of nitrogens with one attached hydrogen (secondary N) is 3. The van der Waals surface area contributed by atoms with Crippen LogP contribution >= 0.6 is 0 Å². The lowest BCUT2D eigenvalue weighted by Crippen LogP contribution is -2.48. The summed E-state index contributed by atoms with van der Waals surface area (Å²) in [5.41, 5.74) is 1.73. The molecule has 168 valence electrons. The maximum absolute atomic E-state index is 12.1. The van der Waals surface area contributed by atoms with Gasteiger partial charge in [0.15, 0.2) is 0 Å². The number of carbonyl (C=O) groups excluding carboxylic acids is 2. The van der Waals surface area contributed by atoms with Crippen molar-refractivity contribution in [1.82, 2.24) is 16.0 Å². The number of hydrogen-bond acceptors (Lipinski definition) is 6. The van der Waals surface area contributed by atoms with Gasteiger partial charge in [0.25, 0.3) is 0 Å². The Bertz CT molecular complexity index is 745. The second-order valence-electron chi connectivity index (χ2n) is 9.91. The van der Waals surface area contributed by atoms with Crippen LogP contribution in [-0.2, 0) is 27.4 Å². The molecule has 2 atom stereocenters. The molecule has 0 radical (unpaired) electrons. The molecule has 3 N–H and O–H groups in total. The molecule has 0 amide bonds. The Kier molecular flexibility index (Phi) is 9.09. The molecule has 0 fully saturated rings. The lowest BCUT2D eigenvalue weighted by atomic mass is 9.84. The first-order chi connectivity index (χ1) is 13.8. The van der Waals surface area contributed by atoms with E-state index in [9.17, 15) is 9.59 Å². The molecule has 30 heavy (non-hydrogen) atoms. The van der Waals surface area contributed by atoms with E-state index >= 15 is 0 Å². The number of ketones is 1. The second-order valence-corrected chi connectivity index (χ2v) is 9.91. The fraction of sp³-hybridized carbons (Fsp3) is 0.583. The van der Waals surface area contributed by atoms with Crippen molar-refractivity contribution >= 4 is 11.8 Å². The van der Waals surface area contributed by atoms with E-state index in [1.54, 1.807) is 6.92 Å². The van der Waals surface area contributed by atoms with Crippen molar-refractivity contribution in [2.45, 2.75) is 73.6 Å². The zero-order valence-electron chi connectivity index (χ0n) is 19.8. The predicted molar refractivity (Wildman–Crippen MR) is 122 cm³/mol. The van der Waals surface area contributed by atoms with Crippen LogP contribution in [0.1, 0.15) is 59.6 Å². The third-order valence-electron chi connectivity index (χ3n) is 4.90. The van der Waals surface area contributed by atoms with Gasteiger partial charge in [0.2, 0.25) is 0 Å². The first-order valence-corrected chi connectivity index (χ1v) is 10.3. The molecule has 0 saturated heterocycles. The van der Waals surface area contributed by atoms with Crippen LogP contribution in [0.3, 0.4) is 0 Å². The molecule has 0 bridgehead atoms. The van der Waals surface area contributed by atoms with Crippen molar-refractivity contribution in [3.8, 4) is 0 Å². The summed E-state index contributed by atoms with van der Waals surface area (Å²) >= 11 is 0. The molecule has 0 aliphatic carbocycles. The van der Waals surface area contributed by atoms with E-state index in [0.717, 1.165) is 11.1 Å². The number of carbonyl (C=O) groups is 2. The Labute approximate surface area is 181 Å². The first kappa shape index (κ1) is 25.7. The number of methoxy groups -OCH3 is 1. The minimum Gasteiger partial charge on any atom is -0.467 e. The molecule has 6 heteroatoms. The molecule has 1 aromatic rings. The van der Waals surface area contributed by atoms with Gasteiger partial charge in [-0.15, -0.1) is 0 Å². The average Bonchev–Trinajstić information content (AvgIpc) is 2.62. The van der Waals surface area contributed by atoms with Crippen LogP contribution in [0, 0.1) is 10.8 Å². The molecule has 1 rings (SSSR count). The van der Waals surface area contributed by atoms with Gasteiger partial charge in [-0.05, 0) is 28.9 Å². The Balaban J connectivity index is 2.70. The molecule has 0 aliphatic rings. The number of esters is 1. The number of benzene rings is 1. The molecule has 0 aromatic heterocycles. The van der Waals surface area contributed by atoms with Crippen LogP contribution in [0.5, 0.6) is 0 Å². The van der Waals surface area contributed by atoms with Gasteiger partial charge in [-0.25, -0.2) is 4.79 Å². The minimum absolute atomic E-state index is 0.140. The largest absolute Gasteiger partial charge is 0.467 e. The van der Waals surface area contributed by atoms with Gasteiger partial charge in [-0.2, -0.15) is 0 Å². The zero-order valence-corrected chi connectivity index (χ0v) is 19.8. The molecule has 2 unspecified atom stereocenters. The molecular formula is C24H39N3O3. The summed E-state index contributed by atoms with van der Waals surface area (Å²) in [5, 5.41) is 9.74. The highest BCUT2D eigenvalue weighted by Crippen LogP contribution is 2.21. The highest BCUT2D eigenvalue weighted by atomic mass is 16.5. The van der Waals surface area contributed by atoms with Gasteiger partial charge in [0.1, 0.15) is 11.8 Å². The SMILES string of the molecule is C=C(NCc1cccc(CNC(C(C)=O)C(C)(C)C)c1)NC(C(=O)OC)C(C)(C)C. The topological polar surface area (TPSA) is 79.5 Å². The van der Waals surface area contributed by atoms with Gasteiger partial charge < -0.3 is 20.7 Å². The molecular weight excluding hydrogens is 378 g/mol. The quantitative estimate of drug-likeness (QED) is 0.506. The summed E-state index contributed by atoms with van der Waals surface area (Å²) in [7, 11) is 1.38. The second kappa shape index (κ2) is 10.6. The van der Waals surface area contributed by atoms with Gasteiger partial charge in [0, 0.05) is 13.1 Å². The fourth-order valence-electron chi connectivity index (χ4n) is 3.31. The first-order valence-electron chi connectivity index (χ1n) is 10.3. The maximum Gasteiger partial charge on any atom is 0.328 e. The third-order valence-corrected chi connectivity index (χ3v) is 4.90. The summed E-state index contributed by atoms with van der Waals surface area (Å²) in [6.45, 7) is 18.9. The molecule has 0 aliphatic heterocycles. The van der Waals surface area contributed by atoms with Crippen molar-refractivity contribution in [3.05, 3.63) is 47.8 Å². The van der Waals surface area contributed by atoms with Crippen LogP contribution in [0.25, 0.3) is 0 Å². The summed E-state index contributed by atoms with van der Waals surface area (Å²) in [6, 6.07) is 7.45. The third kappa shape index (κ3) is 8.19. The summed E-state index contributed by atoms with van der Waals surface area (Å²) < 4.78 is 4.90. The van der Waals surface area contributed by atoms with Crippen molar-refractivity contribution in [2.75, 3.05) is 7.11 Å². The van der Waals surface area contributed by atoms with E-state index in [0.29, 0.717) is 18.9 Å². The Morgan fingerprint density at radius 1 is 1.00 bits per heavy atom. The lowest BCUT2D eigenvalue weighted by Gasteiger charge is -2.30. The van der Waals surface area contributed by atoms with Crippen LogP contribution in [0.4, 0.5) is 0 Å². The van der Waals surface area contributed by atoms with Gasteiger partial charge in [0.05, 0.1) is 19.0 Å². The van der Waals surface area contributed by atoms with Gasteiger partial charge >= 0.3 is 5.97 Å². The predicted octanol–water partition coefficient (Wildman–Crippen LogP) is 3.52. The number of hydrogen-bond donors (Lipinski definition) is 3. The monoisotopic (exact) mass is 417 g/mol. The summed E-state index contributed by atoms with van der Waals surface area (Å²) in [4.78, 5) is 24.0. The van der Waals surface area contributed by atoms with Crippen molar-refractivity contribution < 1.29 is 14.3 Å². The molecule has 0 spiro atoms. The van der Waals surface area contributed by atoms with Crippen LogP contribution in [-0.4, -0.2) is 30.9 Å². The van der Waals surface area contributed by atoms with E-state index in [-0.39, 0.29) is 28.6 Å². The number of rotatable bonds is 10. The highest BCUT2D eigenvalue weighted by molar-refractivity contribution is 5.82. The number of Topliss-reactive ketones (excluding diaryl/α,β-unsaturated/α-hetero) is 1. The smallest absolute Gasteiger partial charge is 0.328 e. The molecule has 6 nitrogen and oxygen atoms in total. The zero-order chi connectivity index (χ0) is 23.1. The van der Waals surface area contributed by atoms with E-state index in [1.807, 2.05) is 39.0 Å². The van der Waals surface area contributed by atoms with E-state index in [4.69, 9.17) is 4.74 Å². The fourth-order valence-corrected chi connectivity index (χ4v) is 3.31. The van der Waals surface area contributed by atoms with Crippen LogP contribution in [0.2, 0.25) is 0 Å². The number of ether oxygens (including phenoxy) is 1. The highest BCUT2D eigenvalue weighted by Gasteiger charge is 2.32. The maximum atomic E-state index is 12.1. The van der Waals surface area contributed by atoms with Crippen molar-refractivity contribution in [1.29, 1.82) is 0 Å². The normalized spacial score (nSPS) is 13.9. The Morgan fingerprint density at radius 2 is 1.53 bits per heavy atom. The Morgan fingerprint density at radius 3 is 2.00 bits per heavy atom. The van der Waals surface area contributed by atoms with Gasteiger partial charge in [-0.1, -0.05) is 72.4 Å². The van der Waals surface area contributed by atoms with Crippen LogP contribution in [0.15, 0.2) is 36.7 Å². The average molecular weight is 418 g/mol. The minimum atomic E-state index is -0.501.